The van der Waals surface area contributed by atoms with Gasteiger partial charge in [0.1, 0.15) is 0 Å². The molecule has 0 aliphatic carbocycles. The molecule has 1 aromatic carbocycles. The van der Waals surface area contributed by atoms with Crippen molar-refractivity contribution in [2.24, 2.45) is 0 Å². The second-order valence-electron chi connectivity index (χ2n) is 5.17. The maximum absolute atomic E-state index is 4.39. The van der Waals surface area contributed by atoms with Gasteiger partial charge in [-0.05, 0) is 31.5 Å². The normalized spacial score (nSPS) is 16.0. The monoisotopic (exact) mass is 268 g/mol. The molecule has 4 nitrogen and oxygen atoms in total. The SMILES string of the molecule is c1ccc(-c2cnc(NCN3CCCCC3)nc2)cc1. The lowest BCUT2D eigenvalue weighted by atomic mass is 10.1. The van der Waals surface area contributed by atoms with Gasteiger partial charge >= 0.3 is 0 Å². The Bertz CT molecular complexity index is 518. The molecule has 1 fully saturated rings. The van der Waals surface area contributed by atoms with E-state index in [9.17, 15) is 0 Å². The minimum absolute atomic E-state index is 0.704. The highest BCUT2D eigenvalue weighted by Crippen LogP contribution is 2.17. The van der Waals surface area contributed by atoms with Crippen LogP contribution in [0.4, 0.5) is 5.95 Å². The van der Waals surface area contributed by atoms with Gasteiger partial charge in [-0.25, -0.2) is 9.97 Å². The van der Waals surface area contributed by atoms with Gasteiger partial charge in [0.15, 0.2) is 0 Å². The Balaban J connectivity index is 1.58. The quantitative estimate of drug-likeness (QED) is 0.925. The molecule has 4 heteroatoms. The van der Waals surface area contributed by atoms with Gasteiger partial charge in [0.05, 0.1) is 6.67 Å². The van der Waals surface area contributed by atoms with E-state index in [2.05, 4.69) is 32.3 Å². The topological polar surface area (TPSA) is 41.1 Å². The molecule has 2 aromatic rings. The molecule has 0 bridgehead atoms. The van der Waals surface area contributed by atoms with Gasteiger partial charge in [0, 0.05) is 18.0 Å². The lowest BCUT2D eigenvalue weighted by Gasteiger charge is -2.26. The molecule has 1 saturated heterocycles. The van der Waals surface area contributed by atoms with Gasteiger partial charge in [-0.1, -0.05) is 36.8 Å². The molecule has 0 unspecified atom stereocenters. The summed E-state index contributed by atoms with van der Waals surface area (Å²) in [5.74, 6) is 0.704. The Kier molecular flexibility index (Phi) is 4.23. The van der Waals surface area contributed by atoms with Crippen LogP contribution >= 0.6 is 0 Å². The third kappa shape index (κ3) is 3.33. The van der Waals surface area contributed by atoms with Crippen LogP contribution in [0.3, 0.4) is 0 Å². The van der Waals surface area contributed by atoms with Crippen molar-refractivity contribution >= 4 is 5.95 Å². The van der Waals surface area contributed by atoms with E-state index in [1.54, 1.807) is 0 Å². The van der Waals surface area contributed by atoms with Gasteiger partial charge in [0.25, 0.3) is 0 Å². The van der Waals surface area contributed by atoms with Crippen molar-refractivity contribution in [1.29, 1.82) is 0 Å². The Morgan fingerprint density at radius 3 is 2.30 bits per heavy atom. The Morgan fingerprint density at radius 1 is 0.900 bits per heavy atom. The summed E-state index contributed by atoms with van der Waals surface area (Å²) in [5, 5.41) is 3.30. The Morgan fingerprint density at radius 2 is 1.60 bits per heavy atom. The van der Waals surface area contributed by atoms with Crippen molar-refractivity contribution < 1.29 is 0 Å². The van der Waals surface area contributed by atoms with Gasteiger partial charge in [-0.2, -0.15) is 0 Å². The van der Waals surface area contributed by atoms with E-state index >= 15 is 0 Å². The summed E-state index contributed by atoms with van der Waals surface area (Å²) in [6, 6.07) is 10.2. The third-order valence-electron chi connectivity index (χ3n) is 3.67. The average Bonchev–Trinajstić information content (AvgIpc) is 2.55. The van der Waals surface area contributed by atoms with Crippen LogP contribution < -0.4 is 5.32 Å². The molecule has 2 heterocycles. The summed E-state index contributed by atoms with van der Waals surface area (Å²) >= 11 is 0. The van der Waals surface area contributed by atoms with E-state index in [0.29, 0.717) is 5.95 Å². The lowest BCUT2D eigenvalue weighted by molar-refractivity contribution is 0.243. The summed E-state index contributed by atoms with van der Waals surface area (Å²) < 4.78 is 0. The number of nitrogens with one attached hydrogen (secondary N) is 1. The number of rotatable bonds is 4. The summed E-state index contributed by atoms with van der Waals surface area (Å²) in [7, 11) is 0. The predicted molar refractivity (Wildman–Crippen MR) is 81.4 cm³/mol. The summed E-state index contributed by atoms with van der Waals surface area (Å²) in [4.78, 5) is 11.2. The largest absolute Gasteiger partial charge is 0.341 e. The van der Waals surface area contributed by atoms with Crippen molar-refractivity contribution in [3.8, 4) is 11.1 Å². The molecule has 1 N–H and O–H groups in total. The minimum Gasteiger partial charge on any atom is -0.341 e. The van der Waals surface area contributed by atoms with Crippen molar-refractivity contribution in [2.75, 3.05) is 25.1 Å². The van der Waals surface area contributed by atoms with Crippen LogP contribution in [0.1, 0.15) is 19.3 Å². The first kappa shape index (κ1) is 13.1. The molecule has 0 radical (unpaired) electrons. The molecule has 1 aliphatic rings. The minimum atomic E-state index is 0.704. The second kappa shape index (κ2) is 6.48. The zero-order valence-corrected chi connectivity index (χ0v) is 11.6. The van der Waals surface area contributed by atoms with Crippen LogP contribution in [-0.2, 0) is 0 Å². The van der Waals surface area contributed by atoms with Crippen LogP contribution in [-0.4, -0.2) is 34.6 Å². The van der Waals surface area contributed by atoms with Gasteiger partial charge in [0.2, 0.25) is 5.95 Å². The summed E-state index contributed by atoms with van der Waals surface area (Å²) in [5.41, 5.74) is 2.20. The van der Waals surface area contributed by atoms with E-state index in [-0.39, 0.29) is 0 Å². The van der Waals surface area contributed by atoms with Crippen molar-refractivity contribution in [1.82, 2.24) is 14.9 Å². The summed E-state index contributed by atoms with van der Waals surface area (Å²) in [6.45, 7) is 3.19. The van der Waals surface area contributed by atoms with Crippen LogP contribution in [0, 0.1) is 0 Å². The molecular weight excluding hydrogens is 248 g/mol. The molecule has 3 rings (SSSR count). The average molecular weight is 268 g/mol. The van der Waals surface area contributed by atoms with Crippen molar-refractivity contribution in [2.45, 2.75) is 19.3 Å². The molecule has 0 amide bonds. The van der Waals surface area contributed by atoms with E-state index in [1.165, 1.54) is 32.4 Å². The first-order chi connectivity index (χ1) is 9.92. The van der Waals surface area contributed by atoms with Gasteiger partial charge < -0.3 is 5.32 Å². The number of piperidine rings is 1. The van der Waals surface area contributed by atoms with Crippen LogP contribution in [0.15, 0.2) is 42.7 Å². The standard InChI is InChI=1S/C16H20N4/c1-3-7-14(8-4-1)15-11-17-16(18-12-15)19-13-20-9-5-2-6-10-20/h1,3-4,7-8,11-12H,2,5-6,9-10,13H2,(H,17,18,19). The maximum atomic E-state index is 4.39. The third-order valence-corrected chi connectivity index (χ3v) is 3.67. The number of likely N-dealkylation sites (tertiary alicyclic amines) is 1. The maximum Gasteiger partial charge on any atom is 0.223 e. The Labute approximate surface area is 119 Å². The van der Waals surface area contributed by atoms with Crippen molar-refractivity contribution in [3.63, 3.8) is 0 Å². The molecule has 1 aliphatic heterocycles. The molecule has 0 saturated carbocycles. The van der Waals surface area contributed by atoms with Crippen molar-refractivity contribution in [3.05, 3.63) is 42.7 Å². The van der Waals surface area contributed by atoms with Crippen LogP contribution in [0.25, 0.3) is 11.1 Å². The summed E-state index contributed by atoms with van der Waals surface area (Å²) in [6.07, 6.45) is 7.71. The fourth-order valence-electron chi connectivity index (χ4n) is 2.50. The first-order valence-electron chi connectivity index (χ1n) is 7.25. The van der Waals surface area contributed by atoms with E-state index < -0.39 is 0 Å². The number of hydrogen-bond donors (Lipinski definition) is 1. The molecular formula is C16H20N4. The highest BCUT2D eigenvalue weighted by atomic mass is 15.3. The van der Waals surface area contributed by atoms with Crippen LogP contribution in [0.5, 0.6) is 0 Å². The fraction of sp³-hybridized carbons (Fsp3) is 0.375. The number of aromatic nitrogens is 2. The molecule has 0 atom stereocenters. The van der Waals surface area contributed by atoms with Crippen LogP contribution in [0.2, 0.25) is 0 Å². The number of nitrogens with zero attached hydrogens (tertiary/aromatic N) is 3. The predicted octanol–water partition coefficient (Wildman–Crippen LogP) is 3.00. The zero-order chi connectivity index (χ0) is 13.6. The smallest absolute Gasteiger partial charge is 0.223 e. The first-order valence-corrected chi connectivity index (χ1v) is 7.25. The number of anilines is 1. The number of hydrogen-bond acceptors (Lipinski definition) is 4. The zero-order valence-electron chi connectivity index (χ0n) is 11.6. The molecule has 0 spiro atoms. The van der Waals surface area contributed by atoms with E-state index in [0.717, 1.165) is 17.8 Å². The highest BCUT2D eigenvalue weighted by molar-refractivity contribution is 5.61. The van der Waals surface area contributed by atoms with E-state index in [4.69, 9.17) is 0 Å². The Hall–Kier alpha value is -1.94. The molecule has 104 valence electrons. The fourth-order valence-corrected chi connectivity index (χ4v) is 2.50. The lowest BCUT2D eigenvalue weighted by Crippen LogP contribution is -2.34. The molecule has 1 aromatic heterocycles. The second-order valence-corrected chi connectivity index (χ2v) is 5.17. The van der Waals surface area contributed by atoms with E-state index in [1.807, 2.05) is 30.6 Å². The van der Waals surface area contributed by atoms with Gasteiger partial charge in [-0.3, -0.25) is 4.90 Å². The van der Waals surface area contributed by atoms with Gasteiger partial charge in [-0.15, -0.1) is 0 Å². The highest BCUT2D eigenvalue weighted by Gasteiger charge is 2.09. The molecule has 20 heavy (non-hydrogen) atoms. The number of benzene rings is 1.